The average Bonchev–Trinajstić information content (AvgIpc) is 3.10. The van der Waals surface area contributed by atoms with E-state index >= 15 is 0 Å². The van der Waals surface area contributed by atoms with Crippen LogP contribution < -0.4 is 4.90 Å². The molecule has 2 atom stereocenters. The smallest absolute Gasteiger partial charge is 0.335 e. The molecule has 0 saturated heterocycles. The minimum absolute atomic E-state index is 0.274. The highest BCUT2D eigenvalue weighted by Crippen LogP contribution is 2.38. The summed E-state index contributed by atoms with van der Waals surface area (Å²) in [6.07, 6.45) is 2.79. The quantitative estimate of drug-likeness (QED) is 0.814. The van der Waals surface area contributed by atoms with Crippen LogP contribution in [0.3, 0.4) is 0 Å². The Balaban J connectivity index is 2.11. The normalized spacial score (nSPS) is 21.2. The van der Waals surface area contributed by atoms with Crippen LogP contribution in [0, 0.1) is 11.8 Å². The molecule has 1 aromatic heterocycles. The van der Waals surface area contributed by atoms with Gasteiger partial charge in [-0.15, -0.1) is 0 Å². The predicted octanol–water partition coefficient (Wildman–Crippen LogP) is 1.89. The molecule has 1 aliphatic carbocycles. The molecule has 0 bridgehead atoms. The molecule has 5 heteroatoms. The number of nitrogens with zero attached hydrogens (tertiary/aromatic N) is 2. The molecule has 0 amide bonds. The fraction of sp³-hybridized carbons (Fsp3) is 0.571. The summed E-state index contributed by atoms with van der Waals surface area (Å²) in [6, 6.07) is 3.14. The first kappa shape index (κ1) is 13.8. The number of aromatic carboxylic acids is 1. The number of anilines is 1. The number of pyridine rings is 1. The van der Waals surface area contributed by atoms with Gasteiger partial charge in [0, 0.05) is 26.4 Å². The van der Waals surface area contributed by atoms with E-state index in [4.69, 9.17) is 9.84 Å². The zero-order valence-electron chi connectivity index (χ0n) is 11.4. The van der Waals surface area contributed by atoms with E-state index in [-0.39, 0.29) is 5.56 Å². The van der Waals surface area contributed by atoms with Gasteiger partial charge in [-0.3, -0.25) is 0 Å². The highest BCUT2D eigenvalue weighted by molar-refractivity contribution is 5.88. The Morgan fingerprint density at radius 2 is 2.37 bits per heavy atom. The monoisotopic (exact) mass is 264 g/mol. The van der Waals surface area contributed by atoms with Crippen molar-refractivity contribution in [2.24, 2.45) is 11.8 Å². The Morgan fingerprint density at radius 3 is 2.95 bits per heavy atom. The second-order valence-electron chi connectivity index (χ2n) is 5.12. The summed E-state index contributed by atoms with van der Waals surface area (Å²) in [4.78, 5) is 17.4. The van der Waals surface area contributed by atoms with E-state index in [1.54, 1.807) is 19.4 Å². The molecular weight excluding hydrogens is 244 g/mol. The molecule has 0 spiro atoms. The molecule has 0 unspecified atom stereocenters. The minimum atomic E-state index is -0.921. The lowest BCUT2D eigenvalue weighted by molar-refractivity contribution is 0.0697. The third-order valence-electron chi connectivity index (χ3n) is 3.61. The summed E-state index contributed by atoms with van der Waals surface area (Å²) >= 11 is 0. The molecule has 0 aliphatic heterocycles. The number of carboxylic acids is 1. The number of carbonyl (C=O) groups is 1. The largest absolute Gasteiger partial charge is 0.478 e. The Hall–Kier alpha value is -1.62. The van der Waals surface area contributed by atoms with E-state index in [0.717, 1.165) is 24.8 Å². The molecule has 0 radical (unpaired) electrons. The van der Waals surface area contributed by atoms with Crippen LogP contribution in [0.5, 0.6) is 0 Å². The second kappa shape index (κ2) is 6.02. The van der Waals surface area contributed by atoms with Crippen LogP contribution >= 0.6 is 0 Å². The number of carboxylic acid groups (broad SMARTS) is 1. The van der Waals surface area contributed by atoms with Gasteiger partial charge in [0.2, 0.25) is 0 Å². The van der Waals surface area contributed by atoms with E-state index in [1.165, 1.54) is 12.5 Å². The lowest BCUT2D eigenvalue weighted by atomic mass is 10.2. The summed E-state index contributed by atoms with van der Waals surface area (Å²) in [6.45, 7) is 4.50. The zero-order valence-corrected chi connectivity index (χ0v) is 11.4. The molecule has 19 heavy (non-hydrogen) atoms. The van der Waals surface area contributed by atoms with Crippen molar-refractivity contribution in [3.05, 3.63) is 23.9 Å². The van der Waals surface area contributed by atoms with Crippen molar-refractivity contribution in [1.82, 2.24) is 4.98 Å². The Bertz CT molecular complexity index is 450. The van der Waals surface area contributed by atoms with Gasteiger partial charge >= 0.3 is 5.97 Å². The van der Waals surface area contributed by atoms with E-state index in [1.807, 2.05) is 0 Å². The van der Waals surface area contributed by atoms with E-state index < -0.39 is 5.97 Å². The number of hydrogen-bond acceptors (Lipinski definition) is 4. The van der Waals surface area contributed by atoms with Crippen LogP contribution in [-0.4, -0.2) is 42.9 Å². The van der Waals surface area contributed by atoms with Crippen molar-refractivity contribution in [2.45, 2.75) is 13.3 Å². The highest BCUT2D eigenvalue weighted by atomic mass is 16.5. The van der Waals surface area contributed by atoms with Crippen molar-refractivity contribution in [3.8, 4) is 0 Å². The second-order valence-corrected chi connectivity index (χ2v) is 5.12. The fourth-order valence-electron chi connectivity index (χ4n) is 2.16. The molecule has 1 saturated carbocycles. The van der Waals surface area contributed by atoms with Gasteiger partial charge in [0.15, 0.2) is 0 Å². The molecule has 2 rings (SSSR count). The molecular formula is C14H20N2O3. The maximum Gasteiger partial charge on any atom is 0.335 e. The highest BCUT2D eigenvalue weighted by Gasteiger charge is 2.34. The zero-order chi connectivity index (χ0) is 13.8. The van der Waals surface area contributed by atoms with Gasteiger partial charge in [0.1, 0.15) is 5.82 Å². The summed E-state index contributed by atoms with van der Waals surface area (Å²) < 4.78 is 5.11. The van der Waals surface area contributed by atoms with Gasteiger partial charge < -0.3 is 14.7 Å². The Labute approximate surface area is 113 Å². The lowest BCUT2D eigenvalue weighted by Crippen LogP contribution is -2.30. The number of rotatable bonds is 7. The Morgan fingerprint density at radius 1 is 1.63 bits per heavy atom. The molecule has 1 heterocycles. The number of hydrogen-bond donors (Lipinski definition) is 1. The first-order chi connectivity index (χ1) is 9.11. The van der Waals surface area contributed by atoms with E-state index in [0.29, 0.717) is 12.5 Å². The van der Waals surface area contributed by atoms with Crippen LogP contribution in [0.25, 0.3) is 0 Å². The maximum absolute atomic E-state index is 11.0. The van der Waals surface area contributed by atoms with Gasteiger partial charge in [0.05, 0.1) is 12.2 Å². The number of ether oxygens (including phenoxy) is 1. The number of aromatic nitrogens is 1. The Kier molecular flexibility index (Phi) is 4.37. The minimum Gasteiger partial charge on any atom is -0.478 e. The van der Waals surface area contributed by atoms with Gasteiger partial charge in [-0.1, -0.05) is 6.92 Å². The van der Waals surface area contributed by atoms with Gasteiger partial charge in [-0.2, -0.15) is 0 Å². The third-order valence-corrected chi connectivity index (χ3v) is 3.61. The summed E-state index contributed by atoms with van der Waals surface area (Å²) in [5, 5.41) is 9.03. The van der Waals surface area contributed by atoms with Crippen molar-refractivity contribution in [3.63, 3.8) is 0 Å². The molecule has 104 valence electrons. The van der Waals surface area contributed by atoms with E-state index in [2.05, 4.69) is 16.8 Å². The summed E-state index contributed by atoms with van der Waals surface area (Å²) in [7, 11) is 1.67. The van der Waals surface area contributed by atoms with Gasteiger partial charge in [-0.25, -0.2) is 9.78 Å². The SMILES string of the molecule is COCCN(C[C@@H]1C[C@H]1C)c1cc(C(=O)O)ccn1. The fourth-order valence-corrected chi connectivity index (χ4v) is 2.16. The van der Waals surface area contributed by atoms with Crippen LogP contribution in [0.2, 0.25) is 0 Å². The van der Waals surface area contributed by atoms with Crippen molar-refractivity contribution >= 4 is 11.8 Å². The first-order valence-corrected chi connectivity index (χ1v) is 6.55. The molecule has 0 aromatic carbocycles. The van der Waals surface area contributed by atoms with Gasteiger partial charge in [-0.05, 0) is 30.4 Å². The van der Waals surface area contributed by atoms with Crippen LogP contribution in [-0.2, 0) is 4.74 Å². The molecule has 1 fully saturated rings. The van der Waals surface area contributed by atoms with Crippen LogP contribution in [0.4, 0.5) is 5.82 Å². The van der Waals surface area contributed by atoms with E-state index in [9.17, 15) is 4.79 Å². The van der Waals surface area contributed by atoms with Gasteiger partial charge in [0.25, 0.3) is 0 Å². The molecule has 5 nitrogen and oxygen atoms in total. The molecule has 1 aliphatic rings. The van der Waals surface area contributed by atoms with Crippen molar-refractivity contribution in [1.29, 1.82) is 0 Å². The van der Waals surface area contributed by atoms with Crippen LogP contribution in [0.15, 0.2) is 18.3 Å². The predicted molar refractivity (Wildman–Crippen MR) is 72.6 cm³/mol. The van der Waals surface area contributed by atoms with Crippen LogP contribution in [0.1, 0.15) is 23.7 Å². The number of methoxy groups -OCH3 is 1. The van der Waals surface area contributed by atoms with Crippen molar-refractivity contribution in [2.75, 3.05) is 31.7 Å². The third kappa shape index (κ3) is 3.67. The molecule has 1 aromatic rings. The first-order valence-electron chi connectivity index (χ1n) is 6.55. The average molecular weight is 264 g/mol. The van der Waals surface area contributed by atoms with Crippen molar-refractivity contribution < 1.29 is 14.6 Å². The standard InChI is InChI=1S/C14H20N2O3/c1-10-7-12(10)9-16(5-6-19-2)13-8-11(14(17)18)3-4-15-13/h3-4,8,10,12H,5-7,9H2,1-2H3,(H,17,18)/t10-,12+/m1/s1. The topological polar surface area (TPSA) is 62.7 Å². The summed E-state index contributed by atoms with van der Waals surface area (Å²) in [5.74, 6) is 1.24. The molecule has 1 N–H and O–H groups in total. The summed E-state index contributed by atoms with van der Waals surface area (Å²) in [5.41, 5.74) is 0.274. The maximum atomic E-state index is 11.0. The lowest BCUT2D eigenvalue weighted by Gasteiger charge is -2.23.